The number of rotatable bonds is 6. The fourth-order valence-corrected chi connectivity index (χ4v) is 2.91. The number of hydrogen-bond acceptors (Lipinski definition) is 5. The highest BCUT2D eigenvalue weighted by atomic mass is 16.5. The van der Waals surface area contributed by atoms with E-state index in [1.54, 1.807) is 31.3 Å². The lowest BCUT2D eigenvalue weighted by atomic mass is 10.0. The first kappa shape index (κ1) is 18.6. The predicted octanol–water partition coefficient (Wildman–Crippen LogP) is 1.27. The number of likely N-dealkylation sites (tertiary alicyclic amines) is 1. The van der Waals surface area contributed by atoms with E-state index in [1.807, 2.05) is 12.1 Å². The van der Waals surface area contributed by atoms with Gasteiger partial charge in [0.1, 0.15) is 6.42 Å². The lowest BCUT2D eigenvalue weighted by molar-refractivity contribution is -0.131. The normalized spacial score (nSPS) is 14.5. The van der Waals surface area contributed by atoms with E-state index in [0.29, 0.717) is 37.4 Å². The Bertz CT molecular complexity index is 661. The molecule has 7 nitrogen and oxygen atoms in total. The van der Waals surface area contributed by atoms with Crippen LogP contribution >= 0.6 is 0 Å². The van der Waals surface area contributed by atoms with Crippen LogP contribution in [0, 0.1) is 11.3 Å². The maximum absolute atomic E-state index is 12.2. The van der Waals surface area contributed by atoms with E-state index in [2.05, 4.69) is 5.32 Å². The van der Waals surface area contributed by atoms with Crippen LogP contribution in [0.2, 0.25) is 0 Å². The van der Waals surface area contributed by atoms with E-state index in [9.17, 15) is 9.59 Å². The average molecular weight is 345 g/mol. The van der Waals surface area contributed by atoms with Crippen LogP contribution in [0.15, 0.2) is 18.2 Å². The Labute approximate surface area is 147 Å². The predicted molar refractivity (Wildman–Crippen MR) is 91.2 cm³/mol. The lowest BCUT2D eigenvalue weighted by Crippen LogP contribution is -2.46. The van der Waals surface area contributed by atoms with Crippen molar-refractivity contribution in [3.63, 3.8) is 0 Å². The molecule has 0 radical (unpaired) electrons. The van der Waals surface area contributed by atoms with E-state index in [0.717, 1.165) is 5.56 Å². The summed E-state index contributed by atoms with van der Waals surface area (Å²) < 4.78 is 10.4. The fraction of sp³-hybridized carbons (Fsp3) is 0.500. The van der Waals surface area contributed by atoms with Crippen molar-refractivity contribution in [3.8, 4) is 17.6 Å². The lowest BCUT2D eigenvalue weighted by Gasteiger charge is -2.32. The van der Waals surface area contributed by atoms with Gasteiger partial charge in [-0.1, -0.05) is 6.07 Å². The van der Waals surface area contributed by atoms with Crippen LogP contribution in [0.3, 0.4) is 0 Å². The number of carbonyl (C=O) groups excluding carboxylic acids is 2. The molecule has 1 heterocycles. The first-order chi connectivity index (χ1) is 12.1. The van der Waals surface area contributed by atoms with Crippen molar-refractivity contribution < 1.29 is 19.1 Å². The highest BCUT2D eigenvalue weighted by molar-refractivity contribution is 5.79. The summed E-state index contributed by atoms with van der Waals surface area (Å²) in [7, 11) is 3.13. The van der Waals surface area contributed by atoms with Gasteiger partial charge in [-0.15, -0.1) is 0 Å². The molecule has 1 aliphatic heterocycles. The highest BCUT2D eigenvalue weighted by Gasteiger charge is 2.23. The molecule has 0 aromatic heterocycles. The zero-order valence-corrected chi connectivity index (χ0v) is 14.6. The zero-order valence-electron chi connectivity index (χ0n) is 14.6. The molecule has 1 aromatic carbocycles. The van der Waals surface area contributed by atoms with E-state index < -0.39 is 0 Å². The Morgan fingerprint density at radius 3 is 2.52 bits per heavy atom. The van der Waals surface area contributed by atoms with Gasteiger partial charge in [0.15, 0.2) is 11.5 Å². The number of benzene rings is 1. The Morgan fingerprint density at radius 2 is 1.92 bits per heavy atom. The number of nitriles is 1. The summed E-state index contributed by atoms with van der Waals surface area (Å²) in [6, 6.07) is 7.34. The molecule has 1 aliphatic rings. The molecule has 1 fully saturated rings. The number of nitrogens with one attached hydrogen (secondary N) is 1. The summed E-state index contributed by atoms with van der Waals surface area (Å²) in [6.45, 7) is 1.14. The van der Waals surface area contributed by atoms with Gasteiger partial charge in [0.05, 0.1) is 26.7 Å². The van der Waals surface area contributed by atoms with Gasteiger partial charge in [0.25, 0.3) is 0 Å². The van der Waals surface area contributed by atoms with Gasteiger partial charge in [-0.3, -0.25) is 9.59 Å². The minimum absolute atomic E-state index is 0.0544. The summed E-state index contributed by atoms with van der Waals surface area (Å²) in [4.78, 5) is 25.6. The van der Waals surface area contributed by atoms with Crippen LogP contribution < -0.4 is 14.8 Å². The first-order valence-corrected chi connectivity index (χ1v) is 8.22. The Hall–Kier alpha value is -2.75. The van der Waals surface area contributed by atoms with Gasteiger partial charge in [0, 0.05) is 19.1 Å². The van der Waals surface area contributed by atoms with Crippen molar-refractivity contribution >= 4 is 11.8 Å². The molecule has 1 aromatic rings. The van der Waals surface area contributed by atoms with Crippen LogP contribution in [0.4, 0.5) is 0 Å². The largest absolute Gasteiger partial charge is 0.493 e. The molecule has 0 spiro atoms. The Kier molecular flexibility index (Phi) is 6.63. The number of amides is 2. The number of methoxy groups -OCH3 is 2. The highest BCUT2D eigenvalue weighted by Crippen LogP contribution is 2.27. The van der Waals surface area contributed by atoms with Crippen molar-refractivity contribution in [1.82, 2.24) is 10.2 Å². The molecule has 7 heteroatoms. The third kappa shape index (κ3) is 5.11. The van der Waals surface area contributed by atoms with Gasteiger partial charge in [-0.25, -0.2) is 0 Å². The Morgan fingerprint density at radius 1 is 1.24 bits per heavy atom. The third-order valence-electron chi connectivity index (χ3n) is 4.26. The van der Waals surface area contributed by atoms with Gasteiger partial charge < -0.3 is 19.7 Å². The standard InChI is InChI=1S/C18H23N3O4/c1-24-15-4-3-13(11-16(15)25-2)12-17(22)20-14-6-9-21(10-7-14)18(23)5-8-19/h3-4,11,14H,5-7,9-10,12H2,1-2H3,(H,20,22). The first-order valence-electron chi connectivity index (χ1n) is 8.22. The number of nitrogens with zero attached hydrogens (tertiary/aromatic N) is 2. The number of carbonyl (C=O) groups is 2. The molecule has 134 valence electrons. The summed E-state index contributed by atoms with van der Waals surface area (Å²) >= 11 is 0. The van der Waals surface area contributed by atoms with Crippen molar-refractivity contribution in [1.29, 1.82) is 5.26 Å². The zero-order chi connectivity index (χ0) is 18.2. The van der Waals surface area contributed by atoms with Crippen LogP contribution in [0.1, 0.15) is 24.8 Å². The van der Waals surface area contributed by atoms with Gasteiger partial charge in [0.2, 0.25) is 11.8 Å². The smallest absolute Gasteiger partial charge is 0.236 e. The molecular formula is C18H23N3O4. The maximum Gasteiger partial charge on any atom is 0.236 e. The van der Waals surface area contributed by atoms with Gasteiger partial charge in [-0.2, -0.15) is 5.26 Å². The average Bonchev–Trinajstić information content (AvgIpc) is 2.62. The fourth-order valence-electron chi connectivity index (χ4n) is 2.91. The number of piperidine rings is 1. The molecule has 25 heavy (non-hydrogen) atoms. The molecule has 0 saturated carbocycles. The van der Waals surface area contributed by atoms with Crippen molar-refractivity contribution in [2.24, 2.45) is 0 Å². The minimum atomic E-state index is -0.141. The van der Waals surface area contributed by atoms with E-state index in [-0.39, 0.29) is 30.7 Å². The minimum Gasteiger partial charge on any atom is -0.493 e. The second-order valence-corrected chi connectivity index (χ2v) is 5.92. The van der Waals surface area contributed by atoms with Crippen molar-refractivity contribution in [2.45, 2.75) is 31.7 Å². The van der Waals surface area contributed by atoms with Crippen molar-refractivity contribution in [3.05, 3.63) is 23.8 Å². The van der Waals surface area contributed by atoms with E-state index in [1.165, 1.54) is 0 Å². The summed E-state index contributed by atoms with van der Waals surface area (Å²) in [5, 5.41) is 11.6. The molecule has 2 amide bonds. The molecule has 0 unspecified atom stereocenters. The molecule has 0 bridgehead atoms. The molecule has 1 saturated heterocycles. The SMILES string of the molecule is COc1ccc(CC(=O)NC2CCN(C(=O)CC#N)CC2)cc1OC. The van der Waals surface area contributed by atoms with Crippen LogP contribution in [0.25, 0.3) is 0 Å². The molecular weight excluding hydrogens is 322 g/mol. The van der Waals surface area contributed by atoms with Gasteiger partial charge in [-0.05, 0) is 30.5 Å². The monoisotopic (exact) mass is 345 g/mol. The number of hydrogen-bond donors (Lipinski definition) is 1. The maximum atomic E-state index is 12.2. The Balaban J connectivity index is 1.83. The molecule has 0 atom stereocenters. The molecule has 0 aliphatic carbocycles. The molecule has 1 N–H and O–H groups in total. The second kappa shape index (κ2) is 8.92. The van der Waals surface area contributed by atoms with Crippen molar-refractivity contribution in [2.75, 3.05) is 27.3 Å². The number of ether oxygens (including phenoxy) is 2. The second-order valence-electron chi connectivity index (χ2n) is 5.92. The van der Waals surface area contributed by atoms with E-state index in [4.69, 9.17) is 14.7 Å². The topological polar surface area (TPSA) is 91.7 Å². The van der Waals surface area contributed by atoms with Crippen LogP contribution in [0.5, 0.6) is 11.5 Å². The molecule has 2 rings (SSSR count). The quantitative estimate of drug-likeness (QED) is 0.838. The summed E-state index contributed by atoms with van der Waals surface area (Å²) in [6.07, 6.45) is 1.58. The van der Waals surface area contributed by atoms with Gasteiger partial charge >= 0.3 is 0 Å². The van der Waals surface area contributed by atoms with Crippen LogP contribution in [-0.4, -0.2) is 50.1 Å². The van der Waals surface area contributed by atoms with E-state index >= 15 is 0 Å². The third-order valence-corrected chi connectivity index (χ3v) is 4.26. The summed E-state index contributed by atoms with van der Waals surface area (Å²) in [5.41, 5.74) is 0.844. The van der Waals surface area contributed by atoms with Crippen LogP contribution in [-0.2, 0) is 16.0 Å². The summed E-state index contributed by atoms with van der Waals surface area (Å²) in [5.74, 6) is 1.02.